The number of aliphatic hydroxyl groups excluding tert-OH is 1. The molecule has 0 amide bonds. The number of aliphatic hydroxyl groups is 1. The van der Waals surface area contributed by atoms with Crippen LogP contribution in [0.4, 0.5) is 0 Å². The Bertz CT molecular complexity index is 187. The minimum absolute atomic E-state index is 0.108. The summed E-state index contributed by atoms with van der Waals surface area (Å²) in [5, 5.41) is 13.1. The zero-order valence-electron chi connectivity index (χ0n) is 9.37. The van der Waals surface area contributed by atoms with Gasteiger partial charge in [0.25, 0.3) is 0 Å². The Labute approximate surface area is 96.6 Å². The lowest BCUT2D eigenvalue weighted by molar-refractivity contribution is 0.0266. The molecule has 0 atom stereocenters. The third-order valence-corrected chi connectivity index (χ3v) is 4.71. The van der Waals surface area contributed by atoms with Crippen LogP contribution in [0.15, 0.2) is 0 Å². The van der Waals surface area contributed by atoms with Crippen molar-refractivity contribution in [3.05, 3.63) is 0 Å². The molecule has 15 heavy (non-hydrogen) atoms. The van der Waals surface area contributed by atoms with Crippen molar-refractivity contribution in [2.24, 2.45) is 0 Å². The predicted molar refractivity (Wildman–Crippen MR) is 65.4 cm³/mol. The van der Waals surface area contributed by atoms with Crippen LogP contribution in [0.1, 0.15) is 19.3 Å². The number of nitrogens with one attached hydrogen (secondary N) is 1. The van der Waals surface area contributed by atoms with E-state index in [9.17, 15) is 5.11 Å². The van der Waals surface area contributed by atoms with Gasteiger partial charge in [-0.15, -0.1) is 0 Å². The Hall–Kier alpha value is 0.230. The molecule has 0 bridgehead atoms. The number of rotatable bonds is 2. The molecule has 2 heterocycles. The molecule has 0 aliphatic carbocycles. The maximum absolute atomic E-state index is 9.71. The number of nitrogens with zero attached hydrogens (tertiary/aromatic N) is 1. The Morgan fingerprint density at radius 1 is 1.20 bits per heavy atom. The van der Waals surface area contributed by atoms with Crippen molar-refractivity contribution in [1.29, 1.82) is 0 Å². The first-order valence-corrected chi connectivity index (χ1v) is 7.17. The van der Waals surface area contributed by atoms with Crippen LogP contribution in [0.5, 0.6) is 0 Å². The monoisotopic (exact) mass is 230 g/mol. The molecule has 0 unspecified atom stereocenters. The highest BCUT2D eigenvalue weighted by molar-refractivity contribution is 7.99. The summed E-state index contributed by atoms with van der Waals surface area (Å²) in [5.41, 5.74) is 0.108. The minimum atomic E-state index is 0.108. The lowest BCUT2D eigenvalue weighted by atomic mass is 9.90. The molecule has 3 nitrogen and oxygen atoms in total. The van der Waals surface area contributed by atoms with Crippen molar-refractivity contribution in [3.8, 4) is 0 Å². The van der Waals surface area contributed by atoms with Crippen LogP contribution in [0, 0.1) is 0 Å². The smallest absolute Gasteiger partial charge is 0.0616 e. The molecule has 0 radical (unpaired) electrons. The summed E-state index contributed by atoms with van der Waals surface area (Å²) in [6.07, 6.45) is 3.54. The Morgan fingerprint density at radius 2 is 2.00 bits per heavy atom. The number of hydrogen-bond donors (Lipinski definition) is 2. The van der Waals surface area contributed by atoms with Gasteiger partial charge in [-0.05, 0) is 37.3 Å². The lowest BCUT2D eigenvalue weighted by Crippen LogP contribution is -2.54. The predicted octanol–water partition coefficient (Wildman–Crippen LogP) is 0.540. The van der Waals surface area contributed by atoms with E-state index in [1.54, 1.807) is 0 Å². The second-order valence-corrected chi connectivity index (χ2v) is 5.81. The van der Waals surface area contributed by atoms with Crippen LogP contribution in [0.2, 0.25) is 0 Å². The average Bonchev–Trinajstić information content (AvgIpc) is 2.59. The molecule has 0 saturated carbocycles. The van der Waals surface area contributed by atoms with Gasteiger partial charge in [-0.2, -0.15) is 11.8 Å². The SMILES string of the molecule is OCC1(N2CCCNCC2)CCSCC1. The Morgan fingerprint density at radius 3 is 2.73 bits per heavy atom. The van der Waals surface area contributed by atoms with Crippen molar-refractivity contribution in [2.75, 3.05) is 44.3 Å². The molecule has 2 aliphatic heterocycles. The van der Waals surface area contributed by atoms with Crippen molar-refractivity contribution < 1.29 is 5.11 Å². The molecular formula is C11H22N2OS. The molecule has 2 saturated heterocycles. The van der Waals surface area contributed by atoms with E-state index in [2.05, 4.69) is 10.2 Å². The van der Waals surface area contributed by atoms with Crippen LogP contribution in [0.25, 0.3) is 0 Å². The maximum Gasteiger partial charge on any atom is 0.0616 e. The largest absolute Gasteiger partial charge is 0.394 e. The second-order valence-electron chi connectivity index (χ2n) is 4.59. The van der Waals surface area contributed by atoms with E-state index in [1.165, 1.54) is 17.9 Å². The molecule has 2 fully saturated rings. The lowest BCUT2D eigenvalue weighted by Gasteiger charge is -2.44. The van der Waals surface area contributed by atoms with Gasteiger partial charge in [0.15, 0.2) is 0 Å². The van der Waals surface area contributed by atoms with Crippen LogP contribution in [0.3, 0.4) is 0 Å². The highest BCUT2D eigenvalue weighted by atomic mass is 32.2. The van der Waals surface area contributed by atoms with E-state index < -0.39 is 0 Å². The van der Waals surface area contributed by atoms with E-state index in [0.717, 1.165) is 39.0 Å². The molecule has 0 spiro atoms. The van der Waals surface area contributed by atoms with Crippen LogP contribution in [-0.4, -0.2) is 59.8 Å². The minimum Gasteiger partial charge on any atom is -0.394 e. The summed E-state index contributed by atoms with van der Waals surface area (Å²) in [6.45, 7) is 4.80. The Balaban J connectivity index is 2.01. The second kappa shape index (κ2) is 5.53. The first-order valence-electron chi connectivity index (χ1n) is 6.02. The quantitative estimate of drug-likeness (QED) is 0.726. The van der Waals surface area contributed by atoms with Crippen molar-refractivity contribution in [3.63, 3.8) is 0 Å². The van der Waals surface area contributed by atoms with Gasteiger partial charge in [0.05, 0.1) is 6.61 Å². The summed E-state index contributed by atoms with van der Waals surface area (Å²) in [4.78, 5) is 2.53. The average molecular weight is 230 g/mol. The fourth-order valence-corrected chi connectivity index (χ4v) is 3.90. The number of thioether (sulfide) groups is 1. The number of hydrogen-bond acceptors (Lipinski definition) is 4. The molecule has 0 aromatic rings. The third-order valence-electron chi connectivity index (χ3n) is 3.73. The first-order chi connectivity index (χ1) is 7.37. The topological polar surface area (TPSA) is 35.5 Å². The summed E-state index contributed by atoms with van der Waals surface area (Å²) >= 11 is 2.03. The van der Waals surface area contributed by atoms with E-state index in [1.807, 2.05) is 11.8 Å². The van der Waals surface area contributed by atoms with E-state index in [-0.39, 0.29) is 5.54 Å². The third kappa shape index (κ3) is 2.67. The highest BCUT2D eigenvalue weighted by Crippen LogP contribution is 2.32. The molecule has 2 N–H and O–H groups in total. The summed E-state index contributed by atoms with van der Waals surface area (Å²) in [6, 6.07) is 0. The van der Waals surface area contributed by atoms with Crippen LogP contribution >= 0.6 is 11.8 Å². The van der Waals surface area contributed by atoms with Gasteiger partial charge in [0.1, 0.15) is 0 Å². The van der Waals surface area contributed by atoms with E-state index in [4.69, 9.17) is 0 Å². The molecular weight excluding hydrogens is 208 g/mol. The van der Waals surface area contributed by atoms with Gasteiger partial charge in [0.2, 0.25) is 0 Å². The van der Waals surface area contributed by atoms with Gasteiger partial charge in [-0.3, -0.25) is 4.90 Å². The van der Waals surface area contributed by atoms with Crippen LogP contribution in [-0.2, 0) is 0 Å². The van der Waals surface area contributed by atoms with Gasteiger partial charge < -0.3 is 10.4 Å². The highest BCUT2D eigenvalue weighted by Gasteiger charge is 2.37. The summed E-state index contributed by atoms with van der Waals surface area (Å²) in [5.74, 6) is 2.43. The fraction of sp³-hybridized carbons (Fsp3) is 1.00. The maximum atomic E-state index is 9.71. The zero-order valence-corrected chi connectivity index (χ0v) is 10.2. The standard InChI is InChI=1S/C11H22N2OS/c14-10-11(2-8-15-9-3-11)13-6-1-4-12-5-7-13/h12,14H,1-10H2. The molecule has 0 aromatic heterocycles. The first kappa shape index (κ1) is 11.7. The van der Waals surface area contributed by atoms with Gasteiger partial charge in [-0.1, -0.05) is 0 Å². The van der Waals surface area contributed by atoms with Gasteiger partial charge >= 0.3 is 0 Å². The van der Waals surface area contributed by atoms with Crippen molar-refractivity contribution >= 4 is 11.8 Å². The summed E-state index contributed by atoms with van der Waals surface area (Å²) < 4.78 is 0. The van der Waals surface area contributed by atoms with E-state index >= 15 is 0 Å². The van der Waals surface area contributed by atoms with Crippen LogP contribution < -0.4 is 5.32 Å². The molecule has 2 aliphatic rings. The van der Waals surface area contributed by atoms with Crippen molar-refractivity contribution in [2.45, 2.75) is 24.8 Å². The molecule has 2 rings (SSSR count). The fourth-order valence-electron chi connectivity index (χ4n) is 2.65. The van der Waals surface area contributed by atoms with Crippen molar-refractivity contribution in [1.82, 2.24) is 10.2 Å². The van der Waals surface area contributed by atoms with Gasteiger partial charge in [0, 0.05) is 25.2 Å². The molecule has 88 valence electrons. The molecule has 4 heteroatoms. The zero-order chi connectivity index (χ0) is 10.6. The van der Waals surface area contributed by atoms with E-state index in [0.29, 0.717) is 6.61 Å². The Kier molecular flexibility index (Phi) is 4.31. The van der Waals surface area contributed by atoms with Gasteiger partial charge in [-0.25, -0.2) is 0 Å². The normalized spacial score (nSPS) is 28.6. The molecule has 0 aromatic carbocycles. The summed E-state index contributed by atoms with van der Waals surface area (Å²) in [7, 11) is 0.